The van der Waals surface area contributed by atoms with Gasteiger partial charge < -0.3 is 4.90 Å². The van der Waals surface area contributed by atoms with Crippen LogP contribution in [0, 0.1) is 11.3 Å². The van der Waals surface area contributed by atoms with E-state index in [9.17, 15) is 0 Å². The third-order valence-corrected chi connectivity index (χ3v) is 4.10. The molecule has 0 aromatic carbocycles. The predicted octanol–water partition coefficient (Wildman–Crippen LogP) is 2.68. The largest absolute Gasteiger partial charge is 0.306 e. The molecule has 0 unspecified atom stereocenters. The van der Waals surface area contributed by atoms with Crippen LogP contribution in [0.2, 0.25) is 0 Å². The van der Waals surface area contributed by atoms with E-state index < -0.39 is 0 Å². The van der Waals surface area contributed by atoms with E-state index in [1.165, 1.54) is 44.3 Å². The Morgan fingerprint density at radius 3 is 2.31 bits per heavy atom. The van der Waals surface area contributed by atoms with Gasteiger partial charge in [-0.3, -0.25) is 0 Å². The van der Waals surface area contributed by atoms with Crippen LogP contribution in [0.25, 0.3) is 0 Å². The summed E-state index contributed by atoms with van der Waals surface area (Å²) in [6.07, 6.45) is 5.70. The van der Waals surface area contributed by atoms with Crippen molar-refractivity contribution in [1.29, 1.82) is 0 Å². The molecule has 74 valence electrons. The minimum atomic E-state index is 0.732. The molecule has 0 aromatic heterocycles. The lowest BCUT2D eigenvalue weighted by atomic mass is 9.56. The first-order chi connectivity index (χ1) is 6.11. The van der Waals surface area contributed by atoms with Crippen molar-refractivity contribution >= 4 is 0 Å². The zero-order chi connectivity index (χ0) is 9.47. The fourth-order valence-corrected chi connectivity index (χ4v) is 2.84. The van der Waals surface area contributed by atoms with Gasteiger partial charge in [-0.15, -0.1) is 0 Å². The van der Waals surface area contributed by atoms with Crippen LogP contribution in [0.3, 0.4) is 0 Å². The molecular weight excluding hydrogens is 158 g/mol. The summed E-state index contributed by atoms with van der Waals surface area (Å²) < 4.78 is 0. The Kier molecular flexibility index (Phi) is 2.23. The van der Waals surface area contributed by atoms with E-state index in [1.807, 2.05) is 0 Å². The molecule has 0 aromatic rings. The second-order valence-corrected chi connectivity index (χ2v) is 5.25. The molecule has 1 nitrogen and oxygen atoms in total. The summed E-state index contributed by atoms with van der Waals surface area (Å²) in [7, 11) is 2.24. The Balaban J connectivity index is 1.86. The van der Waals surface area contributed by atoms with E-state index in [0.717, 1.165) is 11.3 Å². The number of allylic oxidation sites excluding steroid dienone is 1. The highest BCUT2D eigenvalue weighted by Gasteiger charge is 2.45. The normalized spacial score (nSPS) is 28.8. The molecule has 1 heteroatoms. The molecule has 1 aliphatic carbocycles. The Labute approximate surface area is 81.8 Å². The fourth-order valence-electron chi connectivity index (χ4n) is 2.84. The second-order valence-electron chi connectivity index (χ2n) is 5.25. The number of piperidine rings is 1. The van der Waals surface area contributed by atoms with Crippen LogP contribution in [0.5, 0.6) is 0 Å². The molecule has 1 spiro atoms. The molecule has 1 aliphatic heterocycles. The standard InChI is InChI=1S/C12H21N/c1-10(2)11-8-12(9-11)4-6-13(3)7-5-12/h11H,1,4-9H2,2-3H3. The quantitative estimate of drug-likeness (QED) is 0.559. The van der Waals surface area contributed by atoms with Crippen LogP contribution in [0.1, 0.15) is 32.6 Å². The molecule has 1 saturated carbocycles. The van der Waals surface area contributed by atoms with Crippen LogP contribution in [-0.2, 0) is 0 Å². The van der Waals surface area contributed by atoms with Gasteiger partial charge in [0.1, 0.15) is 0 Å². The summed E-state index contributed by atoms with van der Waals surface area (Å²) in [5, 5.41) is 0. The molecule has 0 bridgehead atoms. The first kappa shape index (κ1) is 9.26. The van der Waals surface area contributed by atoms with Crippen molar-refractivity contribution in [3.8, 4) is 0 Å². The Morgan fingerprint density at radius 1 is 1.31 bits per heavy atom. The van der Waals surface area contributed by atoms with E-state index in [4.69, 9.17) is 0 Å². The van der Waals surface area contributed by atoms with E-state index >= 15 is 0 Å². The highest BCUT2D eigenvalue weighted by atomic mass is 15.1. The Hall–Kier alpha value is -0.300. The zero-order valence-electron chi connectivity index (χ0n) is 8.97. The summed E-state index contributed by atoms with van der Waals surface area (Å²) in [5.74, 6) is 0.850. The van der Waals surface area contributed by atoms with Gasteiger partial charge in [-0.25, -0.2) is 0 Å². The maximum absolute atomic E-state index is 4.06. The minimum Gasteiger partial charge on any atom is -0.306 e. The summed E-state index contributed by atoms with van der Waals surface area (Å²) in [6.45, 7) is 8.86. The zero-order valence-corrected chi connectivity index (χ0v) is 8.97. The topological polar surface area (TPSA) is 3.24 Å². The van der Waals surface area contributed by atoms with Gasteiger partial charge in [0.15, 0.2) is 0 Å². The molecule has 1 heterocycles. The van der Waals surface area contributed by atoms with Crippen molar-refractivity contribution in [3.63, 3.8) is 0 Å². The SMILES string of the molecule is C=C(C)C1CC2(CCN(C)CC2)C1. The lowest BCUT2D eigenvalue weighted by Crippen LogP contribution is -2.46. The summed E-state index contributed by atoms with van der Waals surface area (Å²) in [4.78, 5) is 2.46. The smallest absolute Gasteiger partial charge is 0.00165 e. The maximum atomic E-state index is 4.06. The monoisotopic (exact) mass is 179 g/mol. The summed E-state index contributed by atoms with van der Waals surface area (Å²) >= 11 is 0. The maximum Gasteiger partial charge on any atom is -0.00165 e. The fraction of sp³-hybridized carbons (Fsp3) is 0.833. The van der Waals surface area contributed by atoms with Crippen molar-refractivity contribution in [2.75, 3.05) is 20.1 Å². The third kappa shape index (κ3) is 1.67. The van der Waals surface area contributed by atoms with Crippen molar-refractivity contribution < 1.29 is 0 Å². The molecule has 2 rings (SSSR count). The second kappa shape index (κ2) is 3.13. The molecule has 0 radical (unpaired) electrons. The minimum absolute atomic E-state index is 0.732. The number of hydrogen-bond donors (Lipinski definition) is 0. The molecule has 2 fully saturated rings. The number of hydrogen-bond acceptors (Lipinski definition) is 1. The molecule has 0 amide bonds. The summed E-state index contributed by atoms with van der Waals surface area (Å²) in [5.41, 5.74) is 2.14. The average Bonchev–Trinajstić information content (AvgIpc) is 2.02. The highest BCUT2D eigenvalue weighted by Crippen LogP contribution is 2.54. The Morgan fingerprint density at radius 2 is 1.85 bits per heavy atom. The van der Waals surface area contributed by atoms with Crippen molar-refractivity contribution in [3.05, 3.63) is 12.2 Å². The van der Waals surface area contributed by atoms with Crippen LogP contribution in [0.4, 0.5) is 0 Å². The van der Waals surface area contributed by atoms with Gasteiger partial charge in [-0.2, -0.15) is 0 Å². The molecule has 2 aliphatic rings. The Bertz CT molecular complexity index is 203. The number of rotatable bonds is 1. The van der Waals surface area contributed by atoms with Gasteiger partial charge in [0.05, 0.1) is 0 Å². The lowest BCUT2D eigenvalue weighted by molar-refractivity contribution is 0.00795. The van der Waals surface area contributed by atoms with Crippen LogP contribution in [0.15, 0.2) is 12.2 Å². The lowest BCUT2D eigenvalue weighted by Gasteiger charge is -2.52. The van der Waals surface area contributed by atoms with Gasteiger partial charge in [-0.05, 0) is 64.1 Å². The van der Waals surface area contributed by atoms with Gasteiger partial charge in [-0.1, -0.05) is 12.2 Å². The van der Waals surface area contributed by atoms with Gasteiger partial charge >= 0.3 is 0 Å². The van der Waals surface area contributed by atoms with Crippen LogP contribution >= 0.6 is 0 Å². The molecular formula is C12H21N. The molecule has 13 heavy (non-hydrogen) atoms. The first-order valence-corrected chi connectivity index (χ1v) is 5.45. The van der Waals surface area contributed by atoms with Crippen LogP contribution < -0.4 is 0 Å². The van der Waals surface area contributed by atoms with Crippen LogP contribution in [-0.4, -0.2) is 25.0 Å². The predicted molar refractivity (Wildman–Crippen MR) is 56.7 cm³/mol. The third-order valence-electron chi connectivity index (χ3n) is 4.10. The average molecular weight is 179 g/mol. The van der Waals surface area contributed by atoms with E-state index in [0.29, 0.717) is 0 Å². The van der Waals surface area contributed by atoms with Crippen molar-refractivity contribution in [2.45, 2.75) is 32.6 Å². The highest BCUT2D eigenvalue weighted by molar-refractivity contribution is 5.09. The van der Waals surface area contributed by atoms with E-state index in [-0.39, 0.29) is 0 Å². The van der Waals surface area contributed by atoms with Crippen molar-refractivity contribution in [1.82, 2.24) is 4.90 Å². The van der Waals surface area contributed by atoms with Gasteiger partial charge in [0.25, 0.3) is 0 Å². The summed E-state index contributed by atoms with van der Waals surface area (Å²) in [6, 6.07) is 0. The molecule has 0 N–H and O–H groups in total. The van der Waals surface area contributed by atoms with Gasteiger partial charge in [0, 0.05) is 0 Å². The first-order valence-electron chi connectivity index (χ1n) is 5.45. The number of nitrogens with zero attached hydrogens (tertiary/aromatic N) is 1. The number of likely N-dealkylation sites (tertiary alicyclic amines) is 1. The van der Waals surface area contributed by atoms with Crippen molar-refractivity contribution in [2.24, 2.45) is 11.3 Å². The van der Waals surface area contributed by atoms with Gasteiger partial charge in [0.2, 0.25) is 0 Å². The molecule has 1 saturated heterocycles. The molecule has 0 atom stereocenters. The van der Waals surface area contributed by atoms with E-state index in [1.54, 1.807) is 0 Å². The van der Waals surface area contributed by atoms with E-state index in [2.05, 4.69) is 25.5 Å².